The molecule has 0 atom stereocenters. The predicted octanol–water partition coefficient (Wildman–Crippen LogP) is 1.58. The van der Waals surface area contributed by atoms with E-state index >= 15 is 0 Å². The molecule has 2 aromatic rings. The minimum absolute atomic E-state index is 0.898. The molecule has 14 heavy (non-hydrogen) atoms. The molecule has 0 aliphatic rings. The highest BCUT2D eigenvalue weighted by Crippen LogP contribution is 2.10. The Morgan fingerprint density at radius 3 is 2.79 bits per heavy atom. The Kier molecular flexibility index (Phi) is 2.35. The Bertz CT molecular complexity index is 417. The maximum absolute atomic E-state index is 4.50. The van der Waals surface area contributed by atoms with Crippen LogP contribution >= 0.6 is 0 Å². The van der Waals surface area contributed by atoms with Crippen LogP contribution in [-0.2, 0) is 0 Å². The van der Waals surface area contributed by atoms with Gasteiger partial charge < -0.3 is 4.90 Å². The first-order valence-corrected chi connectivity index (χ1v) is 4.90. The lowest BCUT2D eigenvalue weighted by Crippen LogP contribution is -2.23. The molecule has 0 amide bonds. The summed E-state index contributed by atoms with van der Waals surface area (Å²) in [5, 5.41) is 4.11. The van der Waals surface area contributed by atoms with Crippen molar-refractivity contribution >= 4 is 11.5 Å². The van der Waals surface area contributed by atoms with E-state index < -0.39 is 0 Å². The summed E-state index contributed by atoms with van der Waals surface area (Å²) in [6, 6.07) is 3.90. The van der Waals surface area contributed by atoms with Crippen LogP contribution in [0.2, 0.25) is 0 Å². The molecule has 0 bridgehead atoms. The molecule has 2 aromatic heterocycles. The largest absolute Gasteiger partial charge is 0.357 e. The van der Waals surface area contributed by atoms with Crippen LogP contribution in [-0.4, -0.2) is 27.7 Å². The molecule has 0 spiro atoms. The monoisotopic (exact) mass is 190 g/mol. The standard InChI is InChI=1S/C10H14N4/c1-3-13(4-2)9-6-8-14-10(12-9)5-7-11-14/h5-8H,3-4H2,1-2H3. The molecule has 0 saturated heterocycles. The van der Waals surface area contributed by atoms with Gasteiger partial charge in [-0.25, -0.2) is 9.50 Å². The van der Waals surface area contributed by atoms with Gasteiger partial charge in [-0.15, -0.1) is 0 Å². The Morgan fingerprint density at radius 1 is 1.29 bits per heavy atom. The zero-order chi connectivity index (χ0) is 9.97. The lowest BCUT2D eigenvalue weighted by molar-refractivity contribution is 0.836. The van der Waals surface area contributed by atoms with Crippen molar-refractivity contribution in [3.63, 3.8) is 0 Å². The van der Waals surface area contributed by atoms with Gasteiger partial charge in [0.05, 0.1) is 6.20 Å². The van der Waals surface area contributed by atoms with Gasteiger partial charge in [-0.1, -0.05) is 0 Å². The molecule has 4 heteroatoms. The molecule has 0 aliphatic carbocycles. The average Bonchev–Trinajstić information content (AvgIpc) is 2.66. The van der Waals surface area contributed by atoms with Gasteiger partial charge in [-0.3, -0.25) is 0 Å². The third-order valence-corrected chi connectivity index (χ3v) is 2.33. The van der Waals surface area contributed by atoms with Crippen LogP contribution in [0.5, 0.6) is 0 Å². The van der Waals surface area contributed by atoms with Crippen LogP contribution in [0, 0.1) is 0 Å². The van der Waals surface area contributed by atoms with Gasteiger partial charge in [0.1, 0.15) is 5.82 Å². The van der Waals surface area contributed by atoms with Crippen molar-refractivity contribution in [2.24, 2.45) is 0 Å². The van der Waals surface area contributed by atoms with Crippen molar-refractivity contribution in [3.05, 3.63) is 24.5 Å². The summed E-state index contributed by atoms with van der Waals surface area (Å²) in [6.45, 7) is 6.22. The van der Waals surface area contributed by atoms with E-state index in [1.165, 1.54) is 0 Å². The molecule has 2 rings (SSSR count). The van der Waals surface area contributed by atoms with Crippen LogP contribution in [0.15, 0.2) is 24.5 Å². The summed E-state index contributed by atoms with van der Waals surface area (Å²) in [5.41, 5.74) is 0.898. The van der Waals surface area contributed by atoms with Crippen molar-refractivity contribution in [1.82, 2.24) is 14.6 Å². The number of rotatable bonds is 3. The Morgan fingerprint density at radius 2 is 2.07 bits per heavy atom. The van der Waals surface area contributed by atoms with Gasteiger partial charge in [0.2, 0.25) is 0 Å². The first kappa shape index (κ1) is 8.99. The fourth-order valence-corrected chi connectivity index (χ4v) is 1.53. The van der Waals surface area contributed by atoms with E-state index in [1.807, 2.05) is 18.3 Å². The van der Waals surface area contributed by atoms with Crippen molar-refractivity contribution in [3.8, 4) is 0 Å². The highest BCUT2D eigenvalue weighted by molar-refractivity contribution is 5.47. The molecule has 2 heterocycles. The smallest absolute Gasteiger partial charge is 0.157 e. The quantitative estimate of drug-likeness (QED) is 0.736. The second-order valence-electron chi connectivity index (χ2n) is 3.09. The van der Waals surface area contributed by atoms with E-state index in [-0.39, 0.29) is 0 Å². The zero-order valence-corrected chi connectivity index (χ0v) is 8.51. The molecule has 0 fully saturated rings. The molecular weight excluding hydrogens is 176 g/mol. The maximum Gasteiger partial charge on any atom is 0.157 e. The van der Waals surface area contributed by atoms with Crippen LogP contribution in [0.3, 0.4) is 0 Å². The van der Waals surface area contributed by atoms with Crippen molar-refractivity contribution in [2.75, 3.05) is 18.0 Å². The second-order valence-corrected chi connectivity index (χ2v) is 3.09. The highest BCUT2D eigenvalue weighted by atomic mass is 15.3. The number of anilines is 1. The van der Waals surface area contributed by atoms with Crippen LogP contribution in [0.1, 0.15) is 13.8 Å². The highest BCUT2D eigenvalue weighted by Gasteiger charge is 2.03. The van der Waals surface area contributed by atoms with Gasteiger partial charge in [-0.05, 0) is 19.9 Å². The van der Waals surface area contributed by atoms with E-state index in [0.717, 1.165) is 24.6 Å². The Hall–Kier alpha value is -1.58. The summed E-state index contributed by atoms with van der Waals surface area (Å²) in [5.74, 6) is 1.02. The number of nitrogens with zero attached hydrogens (tertiary/aromatic N) is 4. The molecule has 0 unspecified atom stereocenters. The number of aromatic nitrogens is 3. The van der Waals surface area contributed by atoms with Crippen molar-refractivity contribution < 1.29 is 0 Å². The molecule has 74 valence electrons. The molecular formula is C10H14N4. The number of hydrogen-bond donors (Lipinski definition) is 0. The predicted molar refractivity (Wildman–Crippen MR) is 56.5 cm³/mol. The average molecular weight is 190 g/mol. The van der Waals surface area contributed by atoms with Crippen molar-refractivity contribution in [2.45, 2.75) is 13.8 Å². The van der Waals surface area contributed by atoms with E-state index in [9.17, 15) is 0 Å². The van der Waals surface area contributed by atoms with E-state index in [1.54, 1.807) is 10.7 Å². The fraction of sp³-hybridized carbons (Fsp3) is 0.400. The molecule has 0 N–H and O–H groups in total. The summed E-state index contributed by atoms with van der Waals surface area (Å²) in [6.07, 6.45) is 3.70. The Balaban J connectivity index is 2.42. The van der Waals surface area contributed by atoms with Crippen LogP contribution < -0.4 is 4.90 Å². The third kappa shape index (κ3) is 1.43. The normalized spacial score (nSPS) is 10.7. The lowest BCUT2D eigenvalue weighted by atomic mass is 10.4. The first-order valence-electron chi connectivity index (χ1n) is 4.90. The van der Waals surface area contributed by atoms with Crippen LogP contribution in [0.4, 0.5) is 5.82 Å². The number of hydrogen-bond acceptors (Lipinski definition) is 3. The van der Waals surface area contributed by atoms with E-state index in [2.05, 4.69) is 28.8 Å². The second kappa shape index (κ2) is 3.65. The summed E-state index contributed by atoms with van der Waals surface area (Å²) in [7, 11) is 0. The van der Waals surface area contributed by atoms with Gasteiger partial charge in [0.15, 0.2) is 5.65 Å². The fourth-order valence-electron chi connectivity index (χ4n) is 1.53. The van der Waals surface area contributed by atoms with Crippen molar-refractivity contribution in [1.29, 1.82) is 0 Å². The Labute approximate surface area is 83.2 Å². The van der Waals surface area contributed by atoms with Gasteiger partial charge in [0, 0.05) is 25.4 Å². The molecule has 4 nitrogen and oxygen atoms in total. The molecule has 0 aliphatic heterocycles. The SMILES string of the molecule is CCN(CC)c1ccn2nccc2n1. The summed E-state index contributed by atoms with van der Waals surface area (Å²) in [4.78, 5) is 6.72. The van der Waals surface area contributed by atoms with Gasteiger partial charge in [0.25, 0.3) is 0 Å². The summed E-state index contributed by atoms with van der Waals surface area (Å²) >= 11 is 0. The first-order chi connectivity index (χ1) is 6.85. The lowest BCUT2D eigenvalue weighted by Gasteiger charge is -2.19. The topological polar surface area (TPSA) is 33.4 Å². The van der Waals surface area contributed by atoms with E-state index in [4.69, 9.17) is 0 Å². The minimum Gasteiger partial charge on any atom is -0.357 e. The van der Waals surface area contributed by atoms with E-state index in [0.29, 0.717) is 0 Å². The molecule has 0 radical (unpaired) electrons. The molecule has 0 aromatic carbocycles. The zero-order valence-electron chi connectivity index (χ0n) is 8.51. The van der Waals surface area contributed by atoms with Gasteiger partial charge >= 0.3 is 0 Å². The van der Waals surface area contributed by atoms with Gasteiger partial charge in [-0.2, -0.15) is 5.10 Å². The minimum atomic E-state index is 0.898. The maximum atomic E-state index is 4.50. The summed E-state index contributed by atoms with van der Waals surface area (Å²) < 4.78 is 1.77. The number of fused-ring (bicyclic) bond motifs is 1. The third-order valence-electron chi connectivity index (χ3n) is 2.33. The van der Waals surface area contributed by atoms with Crippen LogP contribution in [0.25, 0.3) is 5.65 Å². The molecule has 0 saturated carbocycles.